The zero-order valence-electron chi connectivity index (χ0n) is 14.7. The van der Waals surface area contributed by atoms with Crippen molar-refractivity contribution in [2.45, 2.75) is 39.8 Å². The molecule has 2 aliphatic rings. The summed E-state index contributed by atoms with van der Waals surface area (Å²) >= 11 is 0. The topological polar surface area (TPSA) is 68.9 Å². The largest absolute Gasteiger partial charge is 0.353 e. The first-order valence-electron chi connectivity index (χ1n) is 8.54. The standard InChI is InChI=1S/C19H22N4O2/c1-4-13(3)20-18(24)15-11-22(5-2)12-16-17(15)21-23(19(16)25)14-9-7-6-8-10-14/h6-13H,4-5H2,1-3H3,(H,20,24)/t13-/m1/s1. The Morgan fingerprint density at radius 2 is 1.92 bits per heavy atom. The van der Waals surface area contributed by atoms with Gasteiger partial charge in [-0.2, -0.15) is 9.78 Å². The van der Waals surface area contributed by atoms with Gasteiger partial charge in [0.1, 0.15) is 5.69 Å². The highest BCUT2D eigenvalue weighted by Crippen LogP contribution is 2.22. The van der Waals surface area contributed by atoms with Crippen molar-refractivity contribution in [2.75, 3.05) is 0 Å². The first kappa shape index (κ1) is 17.0. The van der Waals surface area contributed by atoms with Gasteiger partial charge < -0.3 is 9.88 Å². The molecule has 0 aliphatic carbocycles. The van der Waals surface area contributed by atoms with Gasteiger partial charge in [0.2, 0.25) is 0 Å². The molecular weight excluding hydrogens is 316 g/mol. The van der Waals surface area contributed by atoms with Gasteiger partial charge >= 0.3 is 0 Å². The number of fused-ring (bicyclic) bond motifs is 1. The highest BCUT2D eigenvalue weighted by molar-refractivity contribution is 6.00. The van der Waals surface area contributed by atoms with Crippen molar-refractivity contribution in [3.05, 3.63) is 58.6 Å². The molecule has 0 spiro atoms. The number of aromatic nitrogens is 3. The number of hydrogen-bond donors (Lipinski definition) is 1. The maximum atomic E-state index is 12.8. The fourth-order valence-corrected chi connectivity index (χ4v) is 2.66. The summed E-state index contributed by atoms with van der Waals surface area (Å²) in [5, 5.41) is 7.40. The lowest BCUT2D eigenvalue weighted by Gasteiger charge is -2.14. The Labute approximate surface area is 146 Å². The summed E-state index contributed by atoms with van der Waals surface area (Å²) in [5.41, 5.74) is 1.76. The number of rotatable bonds is 5. The Kier molecular flexibility index (Phi) is 4.70. The van der Waals surface area contributed by atoms with Gasteiger partial charge in [-0.1, -0.05) is 25.1 Å². The Bertz CT molecular complexity index is 911. The van der Waals surface area contributed by atoms with Crippen LogP contribution in [0.2, 0.25) is 0 Å². The van der Waals surface area contributed by atoms with E-state index in [0.29, 0.717) is 29.1 Å². The van der Waals surface area contributed by atoms with Crippen LogP contribution in [-0.2, 0) is 6.54 Å². The van der Waals surface area contributed by atoms with E-state index in [1.807, 2.05) is 55.7 Å². The average Bonchev–Trinajstić information content (AvgIpc) is 2.98. The quantitative estimate of drug-likeness (QED) is 0.778. The summed E-state index contributed by atoms with van der Waals surface area (Å²) in [6.45, 7) is 6.59. The molecule has 0 bridgehead atoms. The molecule has 1 N–H and O–H groups in total. The third-order valence-corrected chi connectivity index (χ3v) is 4.32. The normalized spacial score (nSPS) is 12.3. The van der Waals surface area contributed by atoms with Crippen molar-refractivity contribution >= 4 is 5.91 Å². The lowest BCUT2D eigenvalue weighted by atomic mass is 10.1. The van der Waals surface area contributed by atoms with E-state index in [4.69, 9.17) is 0 Å². The van der Waals surface area contributed by atoms with Crippen LogP contribution in [0.4, 0.5) is 0 Å². The number of hydrogen-bond acceptors (Lipinski definition) is 3. The third kappa shape index (κ3) is 3.20. The molecule has 6 nitrogen and oxygen atoms in total. The number of carbonyl (C=O) groups excluding carboxylic acids is 1. The van der Waals surface area contributed by atoms with Crippen molar-refractivity contribution in [2.24, 2.45) is 0 Å². The van der Waals surface area contributed by atoms with Gasteiger partial charge in [-0.3, -0.25) is 9.59 Å². The Balaban J connectivity index is 2.17. The molecule has 3 rings (SSSR count). The summed E-state index contributed by atoms with van der Waals surface area (Å²) in [7, 11) is 0. The van der Waals surface area contributed by atoms with Crippen molar-refractivity contribution in [3.8, 4) is 16.9 Å². The lowest BCUT2D eigenvalue weighted by Crippen LogP contribution is -2.32. The van der Waals surface area contributed by atoms with Gasteiger partial charge in [0.05, 0.1) is 16.8 Å². The predicted molar refractivity (Wildman–Crippen MR) is 97.3 cm³/mol. The monoisotopic (exact) mass is 338 g/mol. The van der Waals surface area contributed by atoms with E-state index in [0.717, 1.165) is 6.42 Å². The van der Waals surface area contributed by atoms with Gasteiger partial charge in [-0.25, -0.2) is 0 Å². The van der Waals surface area contributed by atoms with Gasteiger partial charge in [0.25, 0.3) is 11.5 Å². The molecule has 0 saturated heterocycles. The number of nitrogens with one attached hydrogen (secondary N) is 1. The van der Waals surface area contributed by atoms with E-state index < -0.39 is 0 Å². The van der Waals surface area contributed by atoms with E-state index >= 15 is 0 Å². The summed E-state index contributed by atoms with van der Waals surface area (Å²) in [6, 6.07) is 9.28. The molecule has 130 valence electrons. The molecule has 0 saturated carbocycles. The molecular formula is C19H22N4O2. The van der Waals surface area contributed by atoms with E-state index in [2.05, 4.69) is 10.4 Å². The first-order valence-corrected chi connectivity index (χ1v) is 8.54. The lowest BCUT2D eigenvalue weighted by molar-refractivity contribution is 0.0939. The molecule has 0 aromatic heterocycles. The summed E-state index contributed by atoms with van der Waals surface area (Å²) < 4.78 is 3.19. The van der Waals surface area contributed by atoms with Crippen LogP contribution >= 0.6 is 0 Å². The second kappa shape index (κ2) is 6.93. The smallest absolute Gasteiger partial charge is 0.282 e. The predicted octanol–water partition coefficient (Wildman–Crippen LogP) is 2.69. The van der Waals surface area contributed by atoms with Gasteiger partial charge in [0.15, 0.2) is 0 Å². The van der Waals surface area contributed by atoms with E-state index in [1.165, 1.54) is 4.68 Å². The number of amides is 1. The fraction of sp³-hybridized carbons (Fsp3) is 0.316. The van der Waals surface area contributed by atoms with Crippen molar-refractivity contribution in [1.29, 1.82) is 0 Å². The van der Waals surface area contributed by atoms with Crippen LogP contribution in [0.25, 0.3) is 16.9 Å². The number of pyridine rings is 1. The summed E-state index contributed by atoms with van der Waals surface area (Å²) in [4.78, 5) is 25.5. The maximum Gasteiger partial charge on any atom is 0.282 e. The van der Waals surface area contributed by atoms with Crippen molar-refractivity contribution in [1.82, 2.24) is 19.7 Å². The molecule has 1 amide bonds. The minimum Gasteiger partial charge on any atom is -0.353 e. The van der Waals surface area contributed by atoms with Crippen LogP contribution in [-0.4, -0.2) is 26.3 Å². The fourth-order valence-electron chi connectivity index (χ4n) is 2.66. The minimum atomic E-state index is -0.221. The number of aryl methyl sites for hydroxylation is 1. The average molecular weight is 338 g/mol. The van der Waals surface area contributed by atoms with Crippen molar-refractivity contribution < 1.29 is 4.79 Å². The van der Waals surface area contributed by atoms with Crippen LogP contribution in [0.1, 0.15) is 37.6 Å². The molecule has 1 aromatic carbocycles. The van der Waals surface area contributed by atoms with E-state index in [1.54, 1.807) is 12.4 Å². The highest BCUT2D eigenvalue weighted by atomic mass is 16.2. The Hall–Kier alpha value is -2.89. The second-order valence-corrected chi connectivity index (χ2v) is 6.10. The molecule has 0 fully saturated rings. The van der Waals surface area contributed by atoms with Gasteiger partial charge in [0, 0.05) is 25.0 Å². The van der Waals surface area contributed by atoms with Crippen LogP contribution < -0.4 is 10.9 Å². The SMILES string of the molecule is CC[C@@H](C)NC(=O)c1cn(CC)cc2c(=O)n(-c3ccccc3)nc1-2. The zero-order chi connectivity index (χ0) is 18.0. The Morgan fingerprint density at radius 3 is 2.56 bits per heavy atom. The van der Waals surface area contributed by atoms with E-state index in [9.17, 15) is 9.59 Å². The zero-order valence-corrected chi connectivity index (χ0v) is 14.7. The minimum absolute atomic E-state index is 0.0563. The number of benzene rings is 1. The van der Waals surface area contributed by atoms with Crippen LogP contribution in [0.5, 0.6) is 0 Å². The van der Waals surface area contributed by atoms with Gasteiger partial charge in [-0.05, 0) is 32.4 Å². The third-order valence-electron chi connectivity index (χ3n) is 4.32. The van der Waals surface area contributed by atoms with Crippen LogP contribution in [0.15, 0.2) is 47.5 Å². The summed E-state index contributed by atoms with van der Waals surface area (Å²) in [5.74, 6) is -0.208. The highest BCUT2D eigenvalue weighted by Gasteiger charge is 2.24. The van der Waals surface area contributed by atoms with E-state index in [-0.39, 0.29) is 17.5 Å². The van der Waals surface area contributed by atoms with Crippen LogP contribution in [0, 0.1) is 0 Å². The maximum absolute atomic E-state index is 12.8. The van der Waals surface area contributed by atoms with Crippen molar-refractivity contribution in [3.63, 3.8) is 0 Å². The first-order chi connectivity index (χ1) is 12.0. The number of carbonyl (C=O) groups is 1. The molecule has 0 unspecified atom stereocenters. The summed E-state index contributed by atoms with van der Waals surface area (Å²) in [6.07, 6.45) is 4.34. The molecule has 2 heterocycles. The molecule has 1 atom stereocenters. The molecule has 2 aliphatic heterocycles. The molecule has 25 heavy (non-hydrogen) atoms. The molecule has 1 aromatic rings. The van der Waals surface area contributed by atoms with Gasteiger partial charge in [-0.15, -0.1) is 0 Å². The number of para-hydroxylation sites is 1. The number of nitrogens with zero attached hydrogens (tertiary/aromatic N) is 3. The Morgan fingerprint density at radius 1 is 1.20 bits per heavy atom. The van der Waals surface area contributed by atoms with Crippen LogP contribution in [0.3, 0.4) is 0 Å². The molecule has 6 heteroatoms. The second-order valence-electron chi connectivity index (χ2n) is 6.10. The molecule has 0 radical (unpaired) electrons.